The average molecular weight is 431 g/mol. The SMILES string of the molecule is C=COc1ccc([C@@H](O)[C@@H](CN2CCCC2)NC(=O)OCc2ccccc2)cc1Cl. The molecule has 2 aromatic rings. The van der Waals surface area contributed by atoms with E-state index in [1.54, 1.807) is 18.2 Å². The van der Waals surface area contributed by atoms with Gasteiger partial charge >= 0.3 is 6.09 Å². The number of ether oxygens (including phenoxy) is 2. The van der Waals surface area contributed by atoms with Gasteiger partial charge in [-0.05, 0) is 49.2 Å². The van der Waals surface area contributed by atoms with Crippen molar-refractivity contribution < 1.29 is 19.4 Å². The summed E-state index contributed by atoms with van der Waals surface area (Å²) < 4.78 is 10.6. The summed E-state index contributed by atoms with van der Waals surface area (Å²) in [7, 11) is 0. The molecule has 1 amide bonds. The smallest absolute Gasteiger partial charge is 0.407 e. The van der Waals surface area contributed by atoms with E-state index < -0.39 is 18.2 Å². The first-order chi connectivity index (χ1) is 14.6. The Balaban J connectivity index is 1.68. The van der Waals surface area contributed by atoms with E-state index in [-0.39, 0.29) is 6.61 Å². The Morgan fingerprint density at radius 2 is 1.97 bits per heavy atom. The van der Waals surface area contributed by atoms with Gasteiger partial charge in [-0.1, -0.05) is 54.6 Å². The van der Waals surface area contributed by atoms with Crippen molar-refractivity contribution in [1.29, 1.82) is 0 Å². The Morgan fingerprint density at radius 1 is 1.23 bits per heavy atom. The number of nitrogens with one attached hydrogen (secondary N) is 1. The first-order valence-electron chi connectivity index (χ1n) is 10.0. The van der Waals surface area contributed by atoms with Crippen LogP contribution in [0.4, 0.5) is 4.79 Å². The van der Waals surface area contributed by atoms with Gasteiger partial charge in [-0.2, -0.15) is 0 Å². The molecule has 0 bridgehead atoms. The average Bonchev–Trinajstić information content (AvgIpc) is 3.27. The third-order valence-electron chi connectivity index (χ3n) is 5.06. The van der Waals surface area contributed by atoms with E-state index in [2.05, 4.69) is 16.8 Å². The molecule has 6 nitrogen and oxygen atoms in total. The predicted molar refractivity (Wildman–Crippen MR) is 116 cm³/mol. The van der Waals surface area contributed by atoms with Crippen molar-refractivity contribution in [2.75, 3.05) is 19.6 Å². The van der Waals surface area contributed by atoms with Crippen LogP contribution in [0.25, 0.3) is 0 Å². The second kappa shape index (κ2) is 11.0. The summed E-state index contributed by atoms with van der Waals surface area (Å²) in [6.45, 7) is 6.08. The molecule has 1 aliphatic rings. The molecule has 0 radical (unpaired) electrons. The highest BCUT2D eigenvalue weighted by Gasteiger charge is 2.27. The number of hydrogen-bond donors (Lipinski definition) is 2. The summed E-state index contributed by atoms with van der Waals surface area (Å²) in [4.78, 5) is 14.6. The molecule has 0 unspecified atom stereocenters. The van der Waals surface area contributed by atoms with Gasteiger partial charge in [-0.3, -0.25) is 0 Å². The summed E-state index contributed by atoms with van der Waals surface area (Å²) in [5.41, 5.74) is 1.48. The first kappa shape index (κ1) is 22.2. The molecule has 2 aromatic carbocycles. The fourth-order valence-corrected chi connectivity index (χ4v) is 3.74. The van der Waals surface area contributed by atoms with Crippen LogP contribution in [0.5, 0.6) is 5.75 Å². The Bertz CT molecular complexity index is 840. The van der Waals surface area contributed by atoms with Gasteiger partial charge in [-0.25, -0.2) is 4.79 Å². The maximum Gasteiger partial charge on any atom is 0.407 e. The van der Waals surface area contributed by atoms with Gasteiger partial charge in [0.25, 0.3) is 0 Å². The monoisotopic (exact) mass is 430 g/mol. The fraction of sp³-hybridized carbons (Fsp3) is 0.348. The predicted octanol–water partition coefficient (Wildman–Crippen LogP) is 4.29. The molecule has 1 heterocycles. The summed E-state index contributed by atoms with van der Waals surface area (Å²) in [5, 5.41) is 14.2. The lowest BCUT2D eigenvalue weighted by molar-refractivity contribution is 0.0882. The number of carbonyl (C=O) groups is 1. The van der Waals surface area contributed by atoms with Gasteiger partial charge in [0.05, 0.1) is 17.3 Å². The molecule has 1 saturated heterocycles. The van der Waals surface area contributed by atoms with E-state index in [1.165, 1.54) is 6.26 Å². The van der Waals surface area contributed by atoms with Gasteiger partial charge in [0.15, 0.2) is 0 Å². The summed E-state index contributed by atoms with van der Waals surface area (Å²) >= 11 is 6.24. The molecule has 2 atom stereocenters. The molecular weight excluding hydrogens is 404 g/mol. The molecule has 2 N–H and O–H groups in total. The highest BCUT2D eigenvalue weighted by molar-refractivity contribution is 6.32. The molecule has 0 aromatic heterocycles. The van der Waals surface area contributed by atoms with Gasteiger partial charge < -0.3 is 24.8 Å². The van der Waals surface area contributed by atoms with E-state index in [0.29, 0.717) is 22.9 Å². The van der Waals surface area contributed by atoms with E-state index >= 15 is 0 Å². The van der Waals surface area contributed by atoms with Crippen molar-refractivity contribution in [3.05, 3.63) is 77.5 Å². The number of halogens is 1. The standard InChI is InChI=1S/C23H27ClN2O4/c1-2-29-21-11-10-18(14-19(21)24)22(27)20(15-26-12-6-7-13-26)25-23(28)30-16-17-8-4-3-5-9-17/h2-5,8-11,14,20,22,27H,1,6-7,12-13,15-16H2,(H,25,28)/t20-,22-/m1/s1. The van der Waals surface area contributed by atoms with Gasteiger partial charge in [0.2, 0.25) is 0 Å². The van der Waals surface area contributed by atoms with Crippen LogP contribution in [-0.4, -0.2) is 41.8 Å². The molecular formula is C23H27ClN2O4. The van der Waals surface area contributed by atoms with Crippen molar-refractivity contribution in [3.8, 4) is 5.75 Å². The third kappa shape index (κ3) is 6.23. The van der Waals surface area contributed by atoms with Crippen LogP contribution in [0, 0.1) is 0 Å². The molecule has 1 fully saturated rings. The number of aliphatic hydroxyl groups excluding tert-OH is 1. The quantitative estimate of drug-likeness (QED) is 0.581. The number of carbonyl (C=O) groups excluding carboxylic acids is 1. The lowest BCUT2D eigenvalue weighted by Gasteiger charge is -2.28. The summed E-state index contributed by atoms with van der Waals surface area (Å²) in [6, 6.07) is 13.9. The molecule has 3 rings (SSSR count). The maximum atomic E-state index is 12.4. The topological polar surface area (TPSA) is 71.0 Å². The van der Waals surface area contributed by atoms with Crippen LogP contribution < -0.4 is 10.1 Å². The largest absolute Gasteiger partial charge is 0.464 e. The number of aliphatic hydroxyl groups is 1. The normalized spacial score (nSPS) is 15.9. The number of benzene rings is 2. The number of likely N-dealkylation sites (tertiary alicyclic amines) is 1. The third-order valence-corrected chi connectivity index (χ3v) is 5.35. The van der Waals surface area contributed by atoms with Crippen LogP contribution in [0.2, 0.25) is 5.02 Å². The second-order valence-electron chi connectivity index (χ2n) is 7.24. The molecule has 7 heteroatoms. The number of hydrogen-bond acceptors (Lipinski definition) is 5. The van der Waals surface area contributed by atoms with Crippen LogP contribution in [0.1, 0.15) is 30.1 Å². The Kier molecular flexibility index (Phi) is 8.13. The van der Waals surface area contributed by atoms with E-state index in [1.807, 2.05) is 30.3 Å². The second-order valence-corrected chi connectivity index (χ2v) is 7.65. The van der Waals surface area contributed by atoms with Gasteiger partial charge in [0, 0.05) is 6.54 Å². The highest BCUT2D eigenvalue weighted by Crippen LogP contribution is 2.29. The lowest BCUT2D eigenvalue weighted by atomic mass is 10.0. The van der Waals surface area contributed by atoms with E-state index in [4.69, 9.17) is 21.1 Å². The van der Waals surface area contributed by atoms with E-state index in [9.17, 15) is 9.90 Å². The number of alkyl carbamates (subject to hydrolysis) is 1. The number of rotatable bonds is 9. The van der Waals surface area contributed by atoms with Crippen LogP contribution in [-0.2, 0) is 11.3 Å². The van der Waals surface area contributed by atoms with Crippen molar-refractivity contribution in [2.24, 2.45) is 0 Å². The van der Waals surface area contributed by atoms with Gasteiger partial charge in [0.1, 0.15) is 18.5 Å². The Morgan fingerprint density at radius 3 is 2.63 bits per heavy atom. The minimum absolute atomic E-state index is 0.165. The zero-order valence-corrected chi connectivity index (χ0v) is 17.6. The molecule has 0 saturated carbocycles. The summed E-state index contributed by atoms with van der Waals surface area (Å²) in [6.07, 6.45) is 1.99. The van der Waals surface area contributed by atoms with Crippen LogP contribution in [0.15, 0.2) is 61.4 Å². The van der Waals surface area contributed by atoms with Crippen molar-refractivity contribution >= 4 is 17.7 Å². The zero-order chi connectivity index (χ0) is 21.3. The van der Waals surface area contributed by atoms with Gasteiger partial charge in [-0.15, -0.1) is 0 Å². The molecule has 160 valence electrons. The molecule has 0 spiro atoms. The Labute approximate surface area is 182 Å². The summed E-state index contributed by atoms with van der Waals surface area (Å²) in [5.74, 6) is 0.453. The minimum Gasteiger partial charge on any atom is -0.464 e. The van der Waals surface area contributed by atoms with Crippen molar-refractivity contribution in [3.63, 3.8) is 0 Å². The van der Waals surface area contributed by atoms with Crippen molar-refractivity contribution in [2.45, 2.75) is 31.6 Å². The molecule has 0 aliphatic carbocycles. The number of nitrogens with zero attached hydrogens (tertiary/aromatic N) is 1. The molecule has 30 heavy (non-hydrogen) atoms. The first-order valence-corrected chi connectivity index (χ1v) is 10.4. The van der Waals surface area contributed by atoms with Crippen LogP contribution >= 0.6 is 11.6 Å². The Hall–Kier alpha value is -2.54. The number of amides is 1. The zero-order valence-electron chi connectivity index (χ0n) is 16.8. The fourth-order valence-electron chi connectivity index (χ4n) is 3.50. The van der Waals surface area contributed by atoms with E-state index in [0.717, 1.165) is 31.5 Å². The van der Waals surface area contributed by atoms with Crippen LogP contribution in [0.3, 0.4) is 0 Å². The lowest BCUT2D eigenvalue weighted by Crippen LogP contribution is -2.46. The maximum absolute atomic E-state index is 12.4. The molecule has 1 aliphatic heterocycles. The minimum atomic E-state index is -0.954. The van der Waals surface area contributed by atoms with Crippen molar-refractivity contribution in [1.82, 2.24) is 10.2 Å². The highest BCUT2D eigenvalue weighted by atomic mass is 35.5.